The van der Waals surface area contributed by atoms with Crippen LogP contribution in [0, 0.1) is 5.41 Å². The Hall–Kier alpha value is -3.68. The molecule has 0 atom stereocenters. The molecule has 266 valence electrons. The number of benzene rings is 1. The van der Waals surface area contributed by atoms with E-state index in [1.165, 1.54) is 0 Å². The van der Waals surface area contributed by atoms with Crippen LogP contribution in [0.2, 0.25) is 25.7 Å². The molecule has 2 aromatic heterocycles. The van der Waals surface area contributed by atoms with Crippen molar-refractivity contribution in [2.75, 3.05) is 56.2 Å². The van der Waals surface area contributed by atoms with E-state index in [0.717, 1.165) is 91.7 Å². The lowest BCUT2D eigenvalue weighted by Crippen LogP contribution is -2.61. The number of ether oxygens (including phenoxy) is 3. The molecule has 13 heteroatoms. The molecule has 0 bridgehead atoms. The molecule has 0 radical (unpaired) electrons. The fourth-order valence-electron chi connectivity index (χ4n) is 6.97. The Morgan fingerprint density at radius 2 is 1.73 bits per heavy atom. The molecule has 6 rings (SSSR count). The van der Waals surface area contributed by atoms with Gasteiger partial charge in [-0.15, -0.1) is 0 Å². The summed E-state index contributed by atoms with van der Waals surface area (Å²) in [5, 5.41) is 7.18. The SMILES string of the molecule is CC(C)(C)OC(=O)N1CC2(CCC(NC(=O)Nc3ccc(-c4cc5c(N6CCOCC6)ncnc5n4COCC[Si](C)(C)C)cc3)CC2)C1. The van der Waals surface area contributed by atoms with E-state index in [1.807, 2.05) is 45.0 Å². The van der Waals surface area contributed by atoms with E-state index in [0.29, 0.717) is 26.6 Å². The standard InChI is InChI=1S/C36H53N7O5Si/c1-35(2,3)48-34(45)42-22-36(23-42)13-11-28(12-14-36)40-33(44)39-27-9-7-26(8-10-27)30-21-29-31(41-15-17-46-18-16-41)37-24-38-32(29)43(30)25-47-19-20-49(4,5)6/h7-10,21,24,28H,11-20,22-23,25H2,1-6H3,(H2,39,40,44). The van der Waals surface area contributed by atoms with E-state index in [2.05, 4.69) is 50.8 Å². The monoisotopic (exact) mass is 691 g/mol. The van der Waals surface area contributed by atoms with Crippen LogP contribution < -0.4 is 15.5 Å². The van der Waals surface area contributed by atoms with Crippen molar-refractivity contribution in [3.8, 4) is 11.3 Å². The van der Waals surface area contributed by atoms with Gasteiger partial charge in [0.15, 0.2) is 0 Å². The first kappa shape index (κ1) is 35.2. The van der Waals surface area contributed by atoms with Crippen LogP contribution in [0.15, 0.2) is 36.7 Å². The summed E-state index contributed by atoms with van der Waals surface area (Å²) in [4.78, 5) is 38.8. The summed E-state index contributed by atoms with van der Waals surface area (Å²) in [6, 6.07) is 11.1. The minimum absolute atomic E-state index is 0.110. The van der Waals surface area contributed by atoms with Crippen LogP contribution in [0.4, 0.5) is 21.1 Å². The summed E-state index contributed by atoms with van der Waals surface area (Å²) in [6.45, 7) is 18.2. The zero-order chi connectivity index (χ0) is 34.8. The Morgan fingerprint density at radius 3 is 2.39 bits per heavy atom. The van der Waals surface area contributed by atoms with Gasteiger partial charge in [-0.25, -0.2) is 19.6 Å². The van der Waals surface area contributed by atoms with Crippen molar-refractivity contribution in [1.29, 1.82) is 0 Å². The molecule has 4 heterocycles. The second-order valence-corrected chi connectivity index (χ2v) is 21.7. The maximum Gasteiger partial charge on any atom is 0.410 e. The molecule has 1 aliphatic carbocycles. The Bertz CT molecular complexity index is 1610. The Kier molecular flexibility index (Phi) is 10.2. The third-order valence-corrected chi connectivity index (χ3v) is 11.4. The minimum Gasteiger partial charge on any atom is -0.444 e. The summed E-state index contributed by atoms with van der Waals surface area (Å²) >= 11 is 0. The molecule has 3 aromatic rings. The van der Waals surface area contributed by atoms with Crippen LogP contribution >= 0.6 is 0 Å². The highest BCUT2D eigenvalue weighted by Gasteiger charge is 2.48. The van der Waals surface area contributed by atoms with Crippen LogP contribution in [0.1, 0.15) is 46.5 Å². The van der Waals surface area contributed by atoms with E-state index >= 15 is 0 Å². The average molecular weight is 692 g/mol. The molecular weight excluding hydrogens is 639 g/mol. The number of aromatic nitrogens is 3. The van der Waals surface area contributed by atoms with Crippen LogP contribution in [0.5, 0.6) is 0 Å². The molecule has 3 amide bonds. The van der Waals surface area contributed by atoms with Crippen molar-refractivity contribution in [3.05, 3.63) is 36.7 Å². The number of carbonyl (C=O) groups excluding carboxylic acids is 2. The number of carbonyl (C=O) groups is 2. The molecular formula is C36H53N7O5Si. The Labute approximate surface area is 290 Å². The molecule has 3 fully saturated rings. The normalized spacial score (nSPS) is 18.4. The number of morpholine rings is 1. The third-order valence-electron chi connectivity index (χ3n) is 9.72. The smallest absolute Gasteiger partial charge is 0.410 e. The maximum atomic E-state index is 13.0. The van der Waals surface area contributed by atoms with Gasteiger partial charge in [0, 0.05) is 58.0 Å². The largest absolute Gasteiger partial charge is 0.444 e. The molecule has 2 saturated heterocycles. The third kappa shape index (κ3) is 8.73. The topological polar surface area (TPSA) is 123 Å². The fraction of sp³-hybridized carbons (Fsp3) is 0.611. The molecule has 12 nitrogen and oxygen atoms in total. The van der Waals surface area contributed by atoms with Crippen LogP contribution in [0.3, 0.4) is 0 Å². The van der Waals surface area contributed by atoms with Gasteiger partial charge >= 0.3 is 12.1 Å². The van der Waals surface area contributed by atoms with Gasteiger partial charge in [-0.3, -0.25) is 0 Å². The van der Waals surface area contributed by atoms with E-state index in [1.54, 1.807) is 11.2 Å². The molecule has 1 spiro atoms. The number of rotatable bonds is 9. The molecule has 1 aromatic carbocycles. The molecule has 49 heavy (non-hydrogen) atoms. The molecule has 2 aliphatic heterocycles. The minimum atomic E-state index is -1.23. The van der Waals surface area contributed by atoms with Gasteiger partial charge in [0.2, 0.25) is 0 Å². The molecule has 1 saturated carbocycles. The Morgan fingerprint density at radius 1 is 1.04 bits per heavy atom. The molecule has 0 unspecified atom stereocenters. The Balaban J connectivity index is 1.08. The van der Waals surface area contributed by atoms with Crippen molar-refractivity contribution < 1.29 is 23.8 Å². The number of hydrogen-bond acceptors (Lipinski definition) is 8. The van der Waals surface area contributed by atoms with Crippen molar-refractivity contribution in [1.82, 2.24) is 24.8 Å². The molecule has 3 aliphatic rings. The van der Waals surface area contributed by atoms with Gasteiger partial charge in [0.1, 0.15) is 30.1 Å². The lowest BCUT2D eigenvalue weighted by Gasteiger charge is -2.53. The van der Waals surface area contributed by atoms with Gasteiger partial charge in [-0.2, -0.15) is 0 Å². The average Bonchev–Trinajstić information content (AvgIpc) is 3.40. The highest BCUT2D eigenvalue weighted by atomic mass is 28.3. The zero-order valence-corrected chi connectivity index (χ0v) is 31.0. The quantitative estimate of drug-likeness (QED) is 0.191. The number of urea groups is 1. The first-order valence-corrected chi connectivity index (χ1v) is 21.4. The number of amides is 3. The molecule has 2 N–H and O–H groups in total. The number of anilines is 2. The number of likely N-dealkylation sites (tertiary alicyclic amines) is 1. The summed E-state index contributed by atoms with van der Waals surface area (Å²) < 4.78 is 19.5. The lowest BCUT2D eigenvalue weighted by molar-refractivity contribution is -0.0510. The van der Waals surface area contributed by atoms with Crippen molar-refractivity contribution in [2.24, 2.45) is 5.41 Å². The van der Waals surface area contributed by atoms with Gasteiger partial charge < -0.3 is 39.2 Å². The van der Waals surface area contributed by atoms with Gasteiger partial charge in [-0.1, -0.05) is 31.8 Å². The van der Waals surface area contributed by atoms with Crippen LogP contribution in [-0.2, 0) is 20.9 Å². The van der Waals surface area contributed by atoms with Crippen molar-refractivity contribution >= 4 is 42.7 Å². The predicted octanol–water partition coefficient (Wildman–Crippen LogP) is 6.55. The van der Waals surface area contributed by atoms with Gasteiger partial charge in [-0.05, 0) is 76.3 Å². The summed E-state index contributed by atoms with van der Waals surface area (Å²) in [6.07, 6.45) is 5.17. The van der Waals surface area contributed by atoms with Crippen LogP contribution in [-0.4, -0.2) is 97.3 Å². The fourth-order valence-corrected chi connectivity index (χ4v) is 7.72. The van der Waals surface area contributed by atoms with Crippen molar-refractivity contribution in [2.45, 2.75) is 90.5 Å². The van der Waals surface area contributed by atoms with E-state index < -0.39 is 13.7 Å². The number of hydrogen-bond donors (Lipinski definition) is 2. The van der Waals surface area contributed by atoms with E-state index in [4.69, 9.17) is 19.2 Å². The predicted molar refractivity (Wildman–Crippen MR) is 195 cm³/mol. The number of fused-ring (bicyclic) bond motifs is 1. The second kappa shape index (κ2) is 14.3. The highest BCUT2D eigenvalue weighted by molar-refractivity contribution is 6.76. The van der Waals surface area contributed by atoms with E-state index in [-0.39, 0.29) is 23.6 Å². The van der Waals surface area contributed by atoms with Crippen molar-refractivity contribution in [3.63, 3.8) is 0 Å². The first-order chi connectivity index (χ1) is 23.3. The first-order valence-electron chi connectivity index (χ1n) is 17.7. The summed E-state index contributed by atoms with van der Waals surface area (Å²) in [5.41, 5.74) is 3.23. The summed E-state index contributed by atoms with van der Waals surface area (Å²) in [7, 11) is -1.23. The maximum absolute atomic E-state index is 13.0. The lowest BCUT2D eigenvalue weighted by atomic mass is 9.67. The number of nitrogens with one attached hydrogen (secondary N) is 2. The number of nitrogens with zero attached hydrogens (tertiary/aromatic N) is 5. The second-order valence-electron chi connectivity index (χ2n) is 16.1. The highest BCUT2D eigenvalue weighted by Crippen LogP contribution is 2.44. The van der Waals surface area contributed by atoms with Gasteiger partial charge in [0.25, 0.3) is 0 Å². The van der Waals surface area contributed by atoms with Gasteiger partial charge in [0.05, 0.1) is 24.3 Å². The van der Waals surface area contributed by atoms with E-state index in [9.17, 15) is 9.59 Å². The van der Waals surface area contributed by atoms with Crippen LogP contribution in [0.25, 0.3) is 22.3 Å². The zero-order valence-electron chi connectivity index (χ0n) is 30.0. The summed E-state index contributed by atoms with van der Waals surface area (Å²) in [5.74, 6) is 0.914.